The molecule has 0 spiro atoms. The second-order valence-corrected chi connectivity index (χ2v) is 11.7. The van der Waals surface area contributed by atoms with E-state index >= 15 is 0 Å². The first-order valence-corrected chi connectivity index (χ1v) is 15.8. The number of para-hydroxylation sites is 4. The van der Waals surface area contributed by atoms with E-state index in [1.165, 1.54) is 54.5 Å². The molecule has 0 amide bonds. The lowest BCUT2D eigenvalue weighted by atomic mass is 9.95. The number of benzene rings is 8. The minimum Gasteiger partial charge on any atom is -0.309 e. The maximum atomic E-state index is 2.44. The van der Waals surface area contributed by atoms with Crippen molar-refractivity contribution in [3.63, 3.8) is 0 Å². The van der Waals surface area contributed by atoms with Crippen molar-refractivity contribution in [3.8, 4) is 16.8 Å². The molecule has 0 aliphatic heterocycles. The van der Waals surface area contributed by atoms with Gasteiger partial charge in [0.15, 0.2) is 0 Å². The lowest BCUT2D eigenvalue weighted by molar-refractivity contribution is 1.18. The van der Waals surface area contributed by atoms with E-state index in [4.69, 9.17) is 0 Å². The van der Waals surface area contributed by atoms with Gasteiger partial charge in [-0.2, -0.15) is 0 Å². The highest BCUT2D eigenvalue weighted by atomic mass is 15.1. The van der Waals surface area contributed by atoms with Gasteiger partial charge in [0.25, 0.3) is 0 Å². The molecule has 0 fully saturated rings. The van der Waals surface area contributed by atoms with Crippen molar-refractivity contribution in [1.82, 2.24) is 4.57 Å². The fourth-order valence-electron chi connectivity index (χ4n) is 7.20. The van der Waals surface area contributed by atoms with Crippen LogP contribution in [-0.2, 0) is 0 Å². The van der Waals surface area contributed by atoms with E-state index in [0.29, 0.717) is 0 Å². The van der Waals surface area contributed by atoms with E-state index < -0.39 is 0 Å². The Hall–Kier alpha value is -6.12. The van der Waals surface area contributed by atoms with Gasteiger partial charge in [0.2, 0.25) is 0 Å². The molecule has 0 radical (unpaired) electrons. The van der Waals surface area contributed by atoms with Crippen molar-refractivity contribution in [2.24, 2.45) is 0 Å². The molecular weight excluding hydrogens is 556 g/mol. The summed E-state index contributed by atoms with van der Waals surface area (Å²) in [6, 6.07) is 65.7. The fraction of sp³-hybridized carbons (Fsp3) is 0. The molecule has 9 aromatic rings. The van der Waals surface area contributed by atoms with Crippen molar-refractivity contribution < 1.29 is 0 Å². The number of anilines is 3. The van der Waals surface area contributed by atoms with Gasteiger partial charge in [-0.25, -0.2) is 0 Å². The highest BCUT2D eigenvalue weighted by Gasteiger charge is 2.22. The average Bonchev–Trinajstić information content (AvgIpc) is 3.48. The second-order valence-electron chi connectivity index (χ2n) is 11.7. The third kappa shape index (κ3) is 4.12. The number of aromatic nitrogens is 1. The molecule has 0 bridgehead atoms. The predicted molar refractivity (Wildman–Crippen MR) is 196 cm³/mol. The number of nitrogens with zero attached hydrogens (tertiary/aromatic N) is 2. The van der Waals surface area contributed by atoms with Crippen LogP contribution in [0.15, 0.2) is 182 Å². The quantitative estimate of drug-likeness (QED) is 0.182. The maximum absolute atomic E-state index is 2.44. The first-order chi connectivity index (χ1) is 22.9. The van der Waals surface area contributed by atoms with Crippen LogP contribution in [0.5, 0.6) is 0 Å². The number of fused-ring (bicyclic) bond motifs is 6. The molecule has 2 heteroatoms. The number of rotatable bonds is 5. The maximum Gasteiger partial charge on any atom is 0.0547 e. The Balaban J connectivity index is 1.37. The van der Waals surface area contributed by atoms with Gasteiger partial charge in [0, 0.05) is 33.1 Å². The van der Waals surface area contributed by atoms with Gasteiger partial charge in [0.1, 0.15) is 0 Å². The molecule has 0 saturated carbocycles. The summed E-state index contributed by atoms with van der Waals surface area (Å²) < 4.78 is 2.39. The van der Waals surface area contributed by atoms with Crippen molar-refractivity contribution >= 4 is 60.4 Å². The summed E-state index contributed by atoms with van der Waals surface area (Å²) in [4.78, 5) is 2.44. The van der Waals surface area contributed by atoms with Crippen LogP contribution in [0.4, 0.5) is 17.1 Å². The predicted octanol–water partition coefficient (Wildman–Crippen LogP) is 12.2. The third-order valence-corrected chi connectivity index (χ3v) is 9.15. The Bertz CT molecular complexity index is 2530. The van der Waals surface area contributed by atoms with Crippen LogP contribution in [0.1, 0.15) is 0 Å². The van der Waals surface area contributed by atoms with Crippen molar-refractivity contribution in [2.75, 3.05) is 4.90 Å². The fourth-order valence-corrected chi connectivity index (χ4v) is 7.20. The molecule has 46 heavy (non-hydrogen) atoms. The molecule has 1 heterocycles. The lowest BCUT2D eigenvalue weighted by Gasteiger charge is -2.29. The summed E-state index contributed by atoms with van der Waals surface area (Å²) >= 11 is 0. The minimum atomic E-state index is 1.12. The zero-order chi connectivity index (χ0) is 30.5. The van der Waals surface area contributed by atoms with E-state index in [1.807, 2.05) is 0 Å². The molecule has 8 aromatic carbocycles. The van der Waals surface area contributed by atoms with Crippen LogP contribution in [-0.4, -0.2) is 4.57 Å². The molecule has 216 valence electrons. The lowest BCUT2D eigenvalue weighted by Crippen LogP contribution is -2.12. The van der Waals surface area contributed by atoms with Crippen LogP contribution in [0.25, 0.3) is 60.2 Å². The molecular formula is C44H30N2. The first-order valence-electron chi connectivity index (χ1n) is 15.8. The standard InChI is InChI=1S/C44H30N2/c1-3-17-32(18-4-1)45-41-28-14-12-25-39(41)44-38(26-15-29-42(44)45)37-24-11-13-27-40(37)46(33-19-5-2-6-20-33)43-30-31-16-7-8-21-34(31)35-22-9-10-23-36(35)43/h1-30H. The molecule has 0 atom stereocenters. The third-order valence-electron chi connectivity index (χ3n) is 9.15. The Morgan fingerprint density at radius 1 is 0.370 bits per heavy atom. The van der Waals surface area contributed by atoms with E-state index in [2.05, 4.69) is 191 Å². The summed E-state index contributed by atoms with van der Waals surface area (Å²) in [5.41, 5.74) is 9.37. The van der Waals surface area contributed by atoms with Gasteiger partial charge in [-0.15, -0.1) is 0 Å². The van der Waals surface area contributed by atoms with Gasteiger partial charge >= 0.3 is 0 Å². The monoisotopic (exact) mass is 586 g/mol. The van der Waals surface area contributed by atoms with Gasteiger partial charge in [-0.05, 0) is 70.3 Å². The Morgan fingerprint density at radius 2 is 0.957 bits per heavy atom. The molecule has 9 rings (SSSR count). The van der Waals surface area contributed by atoms with Crippen LogP contribution >= 0.6 is 0 Å². The largest absolute Gasteiger partial charge is 0.309 e. The summed E-state index contributed by atoms with van der Waals surface area (Å²) in [5, 5.41) is 7.46. The molecule has 0 N–H and O–H groups in total. The summed E-state index contributed by atoms with van der Waals surface area (Å²) in [5.74, 6) is 0. The normalized spacial score (nSPS) is 11.5. The molecule has 2 nitrogen and oxygen atoms in total. The summed E-state index contributed by atoms with van der Waals surface area (Å²) in [7, 11) is 0. The molecule has 1 aromatic heterocycles. The van der Waals surface area contributed by atoms with Crippen LogP contribution in [0.2, 0.25) is 0 Å². The van der Waals surface area contributed by atoms with E-state index in [9.17, 15) is 0 Å². The topological polar surface area (TPSA) is 8.17 Å². The first kappa shape index (κ1) is 26.3. The zero-order valence-corrected chi connectivity index (χ0v) is 25.2. The molecule has 0 saturated heterocycles. The average molecular weight is 587 g/mol. The van der Waals surface area contributed by atoms with Crippen LogP contribution in [0.3, 0.4) is 0 Å². The van der Waals surface area contributed by atoms with Crippen molar-refractivity contribution in [1.29, 1.82) is 0 Å². The van der Waals surface area contributed by atoms with E-state index in [1.54, 1.807) is 0 Å². The SMILES string of the molecule is c1ccc(N(c2ccccc2-c2cccc3c2c2ccccc2n3-c2ccccc2)c2cc3ccccc3c3ccccc23)cc1. The Labute approximate surface area is 268 Å². The van der Waals surface area contributed by atoms with Gasteiger partial charge in [0.05, 0.1) is 22.4 Å². The molecule has 0 unspecified atom stereocenters. The summed E-state index contributed by atoms with van der Waals surface area (Å²) in [6.45, 7) is 0. The Kier molecular flexibility index (Phi) is 6.17. The van der Waals surface area contributed by atoms with Gasteiger partial charge in [-0.1, -0.05) is 133 Å². The van der Waals surface area contributed by atoms with Crippen molar-refractivity contribution in [2.45, 2.75) is 0 Å². The molecule has 0 aliphatic carbocycles. The van der Waals surface area contributed by atoms with E-state index in [-0.39, 0.29) is 0 Å². The number of hydrogen-bond donors (Lipinski definition) is 0. The summed E-state index contributed by atoms with van der Waals surface area (Å²) in [6.07, 6.45) is 0. The van der Waals surface area contributed by atoms with Crippen molar-refractivity contribution in [3.05, 3.63) is 182 Å². The Morgan fingerprint density at radius 3 is 1.78 bits per heavy atom. The molecule has 0 aliphatic rings. The zero-order valence-electron chi connectivity index (χ0n) is 25.2. The number of hydrogen-bond acceptors (Lipinski definition) is 1. The smallest absolute Gasteiger partial charge is 0.0547 e. The minimum absolute atomic E-state index is 1.12. The highest BCUT2D eigenvalue weighted by Crippen LogP contribution is 2.47. The highest BCUT2D eigenvalue weighted by molar-refractivity contribution is 6.18. The van der Waals surface area contributed by atoms with Crippen LogP contribution in [0, 0.1) is 0 Å². The van der Waals surface area contributed by atoms with Gasteiger partial charge < -0.3 is 9.47 Å². The van der Waals surface area contributed by atoms with E-state index in [0.717, 1.165) is 22.7 Å². The van der Waals surface area contributed by atoms with Gasteiger partial charge in [-0.3, -0.25) is 0 Å². The van der Waals surface area contributed by atoms with Crippen LogP contribution < -0.4 is 4.90 Å². The second kappa shape index (κ2) is 10.8.